The monoisotopic (exact) mass is 183 g/mol. The Morgan fingerprint density at radius 3 is 2.92 bits per heavy atom. The molecule has 0 aliphatic carbocycles. The van der Waals surface area contributed by atoms with Crippen molar-refractivity contribution in [1.82, 2.24) is 0 Å². The molecule has 1 rings (SSSR count). The SMILES string of the molecule is Cc1ccc(NC(=O)CCCO)o1. The van der Waals surface area contributed by atoms with E-state index >= 15 is 0 Å². The van der Waals surface area contributed by atoms with E-state index in [1.807, 2.05) is 6.92 Å². The molecule has 0 unspecified atom stereocenters. The van der Waals surface area contributed by atoms with E-state index < -0.39 is 0 Å². The lowest BCUT2D eigenvalue weighted by molar-refractivity contribution is -0.116. The summed E-state index contributed by atoms with van der Waals surface area (Å²) in [5.41, 5.74) is 0. The van der Waals surface area contributed by atoms with Crippen LogP contribution in [0.5, 0.6) is 0 Å². The van der Waals surface area contributed by atoms with Crippen LogP contribution in [0.2, 0.25) is 0 Å². The number of aryl methyl sites for hydroxylation is 1. The molecule has 0 atom stereocenters. The highest BCUT2D eigenvalue weighted by Crippen LogP contribution is 2.12. The highest BCUT2D eigenvalue weighted by molar-refractivity contribution is 5.89. The summed E-state index contributed by atoms with van der Waals surface area (Å²) in [6.07, 6.45) is 0.793. The first-order valence-corrected chi connectivity index (χ1v) is 4.19. The number of anilines is 1. The van der Waals surface area contributed by atoms with Gasteiger partial charge in [-0.2, -0.15) is 0 Å². The van der Waals surface area contributed by atoms with Crippen molar-refractivity contribution < 1.29 is 14.3 Å². The molecule has 4 nitrogen and oxygen atoms in total. The molecule has 1 aromatic heterocycles. The van der Waals surface area contributed by atoms with Crippen LogP contribution in [0.4, 0.5) is 5.88 Å². The van der Waals surface area contributed by atoms with Crippen LogP contribution in [0.3, 0.4) is 0 Å². The number of furan rings is 1. The molecule has 1 amide bonds. The van der Waals surface area contributed by atoms with Gasteiger partial charge in [-0.15, -0.1) is 0 Å². The van der Waals surface area contributed by atoms with Crippen molar-refractivity contribution in [3.63, 3.8) is 0 Å². The standard InChI is InChI=1S/C9H13NO3/c1-7-4-5-9(13-7)10-8(12)3-2-6-11/h4-5,11H,2-3,6H2,1H3,(H,10,12). The van der Waals surface area contributed by atoms with Gasteiger partial charge in [0.05, 0.1) is 0 Å². The number of hydrogen-bond donors (Lipinski definition) is 2. The summed E-state index contributed by atoms with van der Waals surface area (Å²) >= 11 is 0. The molecule has 0 spiro atoms. The second-order valence-corrected chi connectivity index (χ2v) is 2.79. The van der Waals surface area contributed by atoms with Gasteiger partial charge in [0.1, 0.15) is 5.76 Å². The van der Waals surface area contributed by atoms with Crippen LogP contribution < -0.4 is 5.32 Å². The Labute approximate surface area is 76.6 Å². The molecule has 0 aliphatic heterocycles. The van der Waals surface area contributed by atoms with Crippen LogP contribution in [0, 0.1) is 6.92 Å². The Hall–Kier alpha value is -1.29. The second-order valence-electron chi connectivity index (χ2n) is 2.79. The molecule has 0 saturated heterocycles. The summed E-state index contributed by atoms with van der Waals surface area (Å²) in [6, 6.07) is 3.48. The van der Waals surface area contributed by atoms with E-state index in [2.05, 4.69) is 5.32 Å². The van der Waals surface area contributed by atoms with Crippen LogP contribution in [0.1, 0.15) is 18.6 Å². The van der Waals surface area contributed by atoms with Gasteiger partial charge in [0.15, 0.2) is 5.88 Å². The first-order chi connectivity index (χ1) is 6.22. The minimum Gasteiger partial charge on any atom is -0.446 e. The summed E-state index contributed by atoms with van der Waals surface area (Å²) in [4.78, 5) is 11.1. The third kappa shape index (κ3) is 3.29. The van der Waals surface area contributed by atoms with E-state index in [0.29, 0.717) is 18.7 Å². The Morgan fingerprint density at radius 1 is 1.62 bits per heavy atom. The number of carbonyl (C=O) groups is 1. The van der Waals surface area contributed by atoms with Crippen molar-refractivity contribution in [2.45, 2.75) is 19.8 Å². The van der Waals surface area contributed by atoms with Crippen molar-refractivity contribution in [2.75, 3.05) is 11.9 Å². The van der Waals surface area contributed by atoms with Gasteiger partial charge < -0.3 is 9.52 Å². The number of rotatable bonds is 4. The Bertz CT molecular complexity index is 280. The first-order valence-electron chi connectivity index (χ1n) is 4.19. The van der Waals surface area contributed by atoms with Crippen LogP contribution >= 0.6 is 0 Å². The van der Waals surface area contributed by atoms with Crippen molar-refractivity contribution >= 4 is 11.8 Å². The fourth-order valence-electron chi connectivity index (χ4n) is 0.941. The summed E-state index contributed by atoms with van der Waals surface area (Å²) in [6.45, 7) is 1.84. The molecule has 1 aromatic rings. The fourth-order valence-corrected chi connectivity index (χ4v) is 0.941. The molecule has 0 aromatic carbocycles. The Morgan fingerprint density at radius 2 is 2.38 bits per heavy atom. The van der Waals surface area contributed by atoms with Crippen molar-refractivity contribution in [3.8, 4) is 0 Å². The highest BCUT2D eigenvalue weighted by Gasteiger charge is 2.03. The van der Waals surface area contributed by atoms with E-state index in [-0.39, 0.29) is 12.5 Å². The zero-order valence-corrected chi connectivity index (χ0v) is 7.54. The van der Waals surface area contributed by atoms with E-state index in [9.17, 15) is 4.79 Å². The summed E-state index contributed by atoms with van der Waals surface area (Å²) in [5.74, 6) is 1.08. The third-order valence-electron chi connectivity index (χ3n) is 1.56. The largest absolute Gasteiger partial charge is 0.446 e. The van der Waals surface area contributed by atoms with E-state index in [1.165, 1.54) is 0 Å². The summed E-state index contributed by atoms with van der Waals surface area (Å²) < 4.78 is 5.14. The summed E-state index contributed by atoms with van der Waals surface area (Å²) in [5, 5.41) is 11.1. The molecule has 0 fully saturated rings. The first kappa shape index (κ1) is 9.80. The molecular formula is C9H13NO3. The zero-order valence-electron chi connectivity index (χ0n) is 7.54. The quantitative estimate of drug-likeness (QED) is 0.739. The number of amides is 1. The van der Waals surface area contributed by atoms with Crippen molar-refractivity contribution in [1.29, 1.82) is 0 Å². The minimum absolute atomic E-state index is 0.0323. The lowest BCUT2D eigenvalue weighted by Crippen LogP contribution is -2.10. The van der Waals surface area contributed by atoms with Gasteiger partial charge >= 0.3 is 0 Å². The molecule has 0 radical (unpaired) electrons. The lowest BCUT2D eigenvalue weighted by Gasteiger charge is -1.99. The Balaban J connectivity index is 2.36. The van der Waals surface area contributed by atoms with Gasteiger partial charge in [-0.25, -0.2) is 0 Å². The molecule has 0 bridgehead atoms. The molecular weight excluding hydrogens is 170 g/mol. The normalized spacial score (nSPS) is 10.0. The van der Waals surface area contributed by atoms with Crippen LogP contribution in [0.15, 0.2) is 16.5 Å². The highest BCUT2D eigenvalue weighted by atomic mass is 16.4. The molecule has 13 heavy (non-hydrogen) atoms. The molecule has 2 N–H and O–H groups in total. The minimum atomic E-state index is -0.136. The Kier molecular flexibility index (Phi) is 3.52. The molecule has 72 valence electrons. The molecule has 0 aliphatic rings. The average molecular weight is 183 g/mol. The fraction of sp³-hybridized carbons (Fsp3) is 0.444. The van der Waals surface area contributed by atoms with E-state index in [1.54, 1.807) is 12.1 Å². The van der Waals surface area contributed by atoms with Crippen LogP contribution in [0.25, 0.3) is 0 Å². The number of carbonyl (C=O) groups excluding carboxylic acids is 1. The number of hydrogen-bond acceptors (Lipinski definition) is 3. The lowest BCUT2D eigenvalue weighted by atomic mass is 10.3. The van der Waals surface area contributed by atoms with Gasteiger partial charge in [-0.05, 0) is 19.4 Å². The number of aliphatic hydroxyl groups excluding tert-OH is 1. The molecule has 0 saturated carbocycles. The molecule has 4 heteroatoms. The van der Waals surface area contributed by atoms with Gasteiger partial charge in [0, 0.05) is 19.1 Å². The predicted molar refractivity (Wildman–Crippen MR) is 48.4 cm³/mol. The topological polar surface area (TPSA) is 62.5 Å². The van der Waals surface area contributed by atoms with Crippen molar-refractivity contribution in [3.05, 3.63) is 17.9 Å². The zero-order chi connectivity index (χ0) is 9.68. The van der Waals surface area contributed by atoms with Gasteiger partial charge in [-0.1, -0.05) is 0 Å². The average Bonchev–Trinajstić information content (AvgIpc) is 2.48. The number of nitrogens with one attached hydrogen (secondary N) is 1. The smallest absolute Gasteiger partial charge is 0.226 e. The van der Waals surface area contributed by atoms with E-state index in [4.69, 9.17) is 9.52 Å². The second kappa shape index (κ2) is 4.67. The maximum absolute atomic E-state index is 11.1. The predicted octanol–water partition coefficient (Wildman–Crippen LogP) is 1.30. The third-order valence-corrected chi connectivity index (χ3v) is 1.56. The van der Waals surface area contributed by atoms with E-state index in [0.717, 1.165) is 5.76 Å². The maximum Gasteiger partial charge on any atom is 0.226 e. The van der Waals surface area contributed by atoms with Crippen LogP contribution in [-0.2, 0) is 4.79 Å². The molecule has 1 heterocycles. The summed E-state index contributed by atoms with van der Waals surface area (Å²) in [7, 11) is 0. The van der Waals surface area contributed by atoms with Gasteiger partial charge in [-0.3, -0.25) is 10.1 Å². The van der Waals surface area contributed by atoms with Crippen molar-refractivity contribution in [2.24, 2.45) is 0 Å². The number of aliphatic hydroxyl groups is 1. The van der Waals surface area contributed by atoms with Gasteiger partial charge in [0.2, 0.25) is 5.91 Å². The van der Waals surface area contributed by atoms with Crippen LogP contribution in [-0.4, -0.2) is 17.6 Å². The maximum atomic E-state index is 11.1. The van der Waals surface area contributed by atoms with Gasteiger partial charge in [0.25, 0.3) is 0 Å².